The molecule has 140 valence electrons. The smallest absolute Gasteiger partial charge is 0.173 e. The largest absolute Gasteiger partial charge is 0.397 e. The van der Waals surface area contributed by atoms with Crippen molar-refractivity contribution in [2.75, 3.05) is 18.8 Å². The Morgan fingerprint density at radius 2 is 1.85 bits per heavy atom. The van der Waals surface area contributed by atoms with E-state index >= 15 is 0 Å². The number of halogens is 2. The third-order valence-electron chi connectivity index (χ3n) is 4.68. The summed E-state index contributed by atoms with van der Waals surface area (Å²) in [7, 11) is 0. The van der Waals surface area contributed by atoms with Crippen LogP contribution in [0.15, 0.2) is 40.8 Å². The highest BCUT2D eigenvalue weighted by Gasteiger charge is 2.15. The third-order valence-corrected chi connectivity index (χ3v) is 4.68. The summed E-state index contributed by atoms with van der Waals surface area (Å²) in [6.45, 7) is 3.54. The van der Waals surface area contributed by atoms with Crippen molar-refractivity contribution in [3.63, 3.8) is 0 Å². The summed E-state index contributed by atoms with van der Waals surface area (Å²) in [5, 5.41) is 11.5. The number of fused-ring (bicyclic) bond motifs is 1. The lowest BCUT2D eigenvalue weighted by Gasteiger charge is -2.17. The second kappa shape index (κ2) is 7.03. The van der Waals surface area contributed by atoms with Gasteiger partial charge in [-0.05, 0) is 56.6 Å². The van der Waals surface area contributed by atoms with Crippen LogP contribution >= 0.6 is 0 Å². The SMILES string of the molecule is Cc1cn2cc(-c3cc(N)c(N=NC4CCNCC4)c(F)c3)cc(F)c2n1. The number of aryl methyl sites for hydroxylation is 1. The van der Waals surface area contributed by atoms with Gasteiger partial charge in [0.25, 0.3) is 0 Å². The molecule has 6 nitrogen and oxygen atoms in total. The first-order valence-electron chi connectivity index (χ1n) is 8.87. The molecular formula is C19H20F2N6. The highest BCUT2D eigenvalue weighted by atomic mass is 19.1. The van der Waals surface area contributed by atoms with Gasteiger partial charge in [-0.2, -0.15) is 10.2 Å². The molecule has 1 aliphatic rings. The van der Waals surface area contributed by atoms with E-state index in [9.17, 15) is 8.78 Å². The van der Waals surface area contributed by atoms with Crippen LogP contribution in [0.1, 0.15) is 18.5 Å². The lowest BCUT2D eigenvalue weighted by Crippen LogP contribution is -2.29. The zero-order valence-corrected chi connectivity index (χ0v) is 14.9. The molecule has 2 aromatic heterocycles. The number of anilines is 1. The molecule has 0 atom stereocenters. The number of pyridine rings is 1. The summed E-state index contributed by atoms with van der Waals surface area (Å²) < 4.78 is 30.5. The van der Waals surface area contributed by atoms with Crippen molar-refractivity contribution in [3.8, 4) is 11.1 Å². The number of imidazole rings is 1. The van der Waals surface area contributed by atoms with Crippen LogP contribution in [0.4, 0.5) is 20.2 Å². The average Bonchev–Trinajstić information content (AvgIpc) is 3.02. The number of hydrogen-bond acceptors (Lipinski definition) is 5. The van der Waals surface area contributed by atoms with E-state index in [0.717, 1.165) is 25.9 Å². The molecule has 27 heavy (non-hydrogen) atoms. The quantitative estimate of drug-likeness (QED) is 0.540. The van der Waals surface area contributed by atoms with Gasteiger partial charge in [-0.15, -0.1) is 0 Å². The number of hydrogen-bond donors (Lipinski definition) is 2. The zero-order valence-electron chi connectivity index (χ0n) is 14.9. The highest BCUT2D eigenvalue weighted by Crippen LogP contribution is 2.33. The Bertz CT molecular complexity index is 997. The molecule has 0 saturated carbocycles. The van der Waals surface area contributed by atoms with E-state index in [4.69, 9.17) is 5.73 Å². The maximum Gasteiger partial charge on any atom is 0.173 e. The number of piperidine rings is 1. The summed E-state index contributed by atoms with van der Waals surface area (Å²) in [6.07, 6.45) is 5.14. The van der Waals surface area contributed by atoms with Gasteiger partial charge in [0, 0.05) is 18.0 Å². The minimum absolute atomic E-state index is 0.0253. The summed E-state index contributed by atoms with van der Waals surface area (Å²) >= 11 is 0. The first-order chi connectivity index (χ1) is 13.0. The predicted octanol–water partition coefficient (Wildman–Crippen LogP) is 4.01. The average molecular weight is 370 g/mol. The van der Waals surface area contributed by atoms with Crippen LogP contribution in [0.5, 0.6) is 0 Å². The maximum absolute atomic E-state index is 14.6. The maximum atomic E-state index is 14.6. The van der Waals surface area contributed by atoms with Gasteiger partial charge >= 0.3 is 0 Å². The second-order valence-electron chi connectivity index (χ2n) is 6.78. The highest BCUT2D eigenvalue weighted by molar-refractivity contribution is 5.75. The summed E-state index contributed by atoms with van der Waals surface area (Å²) in [6, 6.07) is 4.29. The Morgan fingerprint density at radius 3 is 2.59 bits per heavy atom. The number of azo groups is 1. The molecular weight excluding hydrogens is 350 g/mol. The topological polar surface area (TPSA) is 80.1 Å². The Morgan fingerprint density at radius 1 is 1.11 bits per heavy atom. The number of aromatic nitrogens is 2. The molecule has 0 radical (unpaired) electrons. The third kappa shape index (κ3) is 3.52. The number of nitrogens with zero attached hydrogens (tertiary/aromatic N) is 4. The molecule has 0 unspecified atom stereocenters. The van der Waals surface area contributed by atoms with Crippen LogP contribution in [-0.4, -0.2) is 28.5 Å². The van der Waals surface area contributed by atoms with Crippen molar-refractivity contribution in [3.05, 3.63) is 47.9 Å². The summed E-state index contributed by atoms with van der Waals surface area (Å²) in [4.78, 5) is 4.12. The van der Waals surface area contributed by atoms with Gasteiger partial charge in [-0.1, -0.05) is 0 Å². The Kier molecular flexibility index (Phi) is 4.57. The Balaban J connectivity index is 1.68. The second-order valence-corrected chi connectivity index (χ2v) is 6.78. The van der Waals surface area contributed by atoms with Crippen LogP contribution < -0.4 is 11.1 Å². The lowest BCUT2D eigenvalue weighted by atomic mass is 10.1. The number of rotatable bonds is 3. The molecule has 1 aromatic carbocycles. The fraction of sp³-hybridized carbons (Fsp3) is 0.316. The number of nitrogen functional groups attached to an aromatic ring is 1. The Labute approximate surface area is 155 Å². The van der Waals surface area contributed by atoms with Gasteiger partial charge in [0.1, 0.15) is 5.69 Å². The van der Waals surface area contributed by atoms with Gasteiger partial charge in [0.05, 0.1) is 17.4 Å². The number of nitrogens with one attached hydrogen (secondary N) is 1. The van der Waals surface area contributed by atoms with E-state index in [1.54, 1.807) is 29.8 Å². The first-order valence-corrected chi connectivity index (χ1v) is 8.87. The first kappa shape index (κ1) is 17.5. The molecule has 1 aliphatic heterocycles. The van der Waals surface area contributed by atoms with Crippen LogP contribution in [-0.2, 0) is 0 Å². The van der Waals surface area contributed by atoms with E-state index < -0.39 is 11.6 Å². The predicted molar refractivity (Wildman–Crippen MR) is 100 cm³/mol. The van der Waals surface area contributed by atoms with Crippen LogP contribution in [0.25, 0.3) is 16.8 Å². The van der Waals surface area contributed by atoms with Gasteiger partial charge in [-0.3, -0.25) is 0 Å². The van der Waals surface area contributed by atoms with E-state index in [1.807, 2.05) is 0 Å². The van der Waals surface area contributed by atoms with E-state index in [1.165, 1.54) is 12.1 Å². The fourth-order valence-electron chi connectivity index (χ4n) is 3.29. The van der Waals surface area contributed by atoms with Gasteiger partial charge in [0.2, 0.25) is 0 Å². The van der Waals surface area contributed by atoms with Crippen molar-refractivity contribution >= 4 is 17.0 Å². The number of benzene rings is 1. The molecule has 0 aliphatic carbocycles. The van der Waals surface area contributed by atoms with E-state index in [2.05, 4.69) is 20.5 Å². The molecule has 3 N–H and O–H groups in total. The molecule has 4 rings (SSSR count). The monoisotopic (exact) mass is 370 g/mol. The zero-order chi connectivity index (χ0) is 19.0. The minimum atomic E-state index is -0.579. The van der Waals surface area contributed by atoms with Gasteiger partial charge < -0.3 is 15.5 Å². The van der Waals surface area contributed by atoms with Crippen LogP contribution in [0.3, 0.4) is 0 Å². The van der Waals surface area contributed by atoms with E-state index in [0.29, 0.717) is 16.8 Å². The minimum Gasteiger partial charge on any atom is -0.397 e. The Hall–Kier alpha value is -2.87. The molecule has 0 amide bonds. The molecule has 0 bridgehead atoms. The summed E-state index contributed by atoms with van der Waals surface area (Å²) in [5.41, 5.74) is 8.12. The van der Waals surface area contributed by atoms with Crippen molar-refractivity contribution in [2.24, 2.45) is 10.2 Å². The fourth-order valence-corrected chi connectivity index (χ4v) is 3.29. The summed E-state index contributed by atoms with van der Waals surface area (Å²) in [5.74, 6) is -1.06. The standard InChI is InChI=1S/C19H20F2N6/c1-11-9-27-10-13(7-16(21)19(27)24-11)12-6-15(20)18(17(22)8-12)26-25-14-2-4-23-5-3-14/h6-10,14,23H,2-5,22H2,1H3. The molecule has 1 fully saturated rings. The molecule has 0 spiro atoms. The van der Waals surface area contributed by atoms with Gasteiger partial charge in [0.15, 0.2) is 17.3 Å². The molecule has 1 saturated heterocycles. The van der Waals surface area contributed by atoms with Crippen LogP contribution in [0, 0.1) is 18.6 Å². The number of nitrogens with two attached hydrogens (primary N) is 1. The van der Waals surface area contributed by atoms with Crippen molar-refractivity contribution in [1.82, 2.24) is 14.7 Å². The van der Waals surface area contributed by atoms with E-state index in [-0.39, 0.29) is 23.1 Å². The van der Waals surface area contributed by atoms with Gasteiger partial charge in [-0.25, -0.2) is 13.8 Å². The lowest BCUT2D eigenvalue weighted by molar-refractivity contribution is 0.448. The normalized spacial score (nSPS) is 15.8. The molecule has 3 aromatic rings. The molecule has 3 heterocycles. The van der Waals surface area contributed by atoms with Crippen molar-refractivity contribution in [1.29, 1.82) is 0 Å². The molecule has 8 heteroatoms. The van der Waals surface area contributed by atoms with Crippen molar-refractivity contribution in [2.45, 2.75) is 25.8 Å². The van der Waals surface area contributed by atoms with Crippen molar-refractivity contribution < 1.29 is 8.78 Å². The van der Waals surface area contributed by atoms with Crippen LogP contribution in [0.2, 0.25) is 0 Å².